The van der Waals surface area contributed by atoms with Gasteiger partial charge in [0.1, 0.15) is 12.4 Å². The van der Waals surface area contributed by atoms with Crippen molar-refractivity contribution in [1.82, 2.24) is 0 Å². The van der Waals surface area contributed by atoms with Crippen LogP contribution >= 0.6 is 0 Å². The lowest BCUT2D eigenvalue weighted by Gasteiger charge is -2.12. The summed E-state index contributed by atoms with van der Waals surface area (Å²) in [6.45, 7) is 4.42. The second-order valence-electron chi connectivity index (χ2n) is 3.70. The van der Waals surface area contributed by atoms with Crippen molar-refractivity contribution in [3.8, 4) is 11.8 Å². The minimum Gasteiger partial charge on any atom is -0.492 e. The van der Waals surface area contributed by atoms with Gasteiger partial charge in [-0.3, -0.25) is 0 Å². The summed E-state index contributed by atoms with van der Waals surface area (Å²) in [7, 11) is 0. The van der Waals surface area contributed by atoms with E-state index in [1.165, 1.54) is 5.56 Å². The molecule has 0 saturated carbocycles. The van der Waals surface area contributed by atoms with E-state index >= 15 is 0 Å². The number of ether oxygens (including phenoxy) is 1. The van der Waals surface area contributed by atoms with Crippen LogP contribution in [0.15, 0.2) is 18.2 Å². The molecule has 0 aliphatic rings. The molecule has 1 unspecified atom stereocenters. The first-order chi connectivity index (χ1) is 7.13. The summed E-state index contributed by atoms with van der Waals surface area (Å²) < 4.78 is 5.53. The molecule has 80 valence electrons. The Balaban J connectivity index is 2.55. The van der Waals surface area contributed by atoms with Crippen LogP contribution in [0.2, 0.25) is 0 Å². The summed E-state index contributed by atoms with van der Waals surface area (Å²) in [5.74, 6) is 0.842. The molecule has 1 atom stereocenters. The van der Waals surface area contributed by atoms with Crippen molar-refractivity contribution < 1.29 is 4.74 Å². The van der Waals surface area contributed by atoms with Gasteiger partial charge in [0.05, 0.1) is 18.5 Å². The number of nitrogens with zero attached hydrogens (tertiary/aromatic N) is 1. The second-order valence-corrected chi connectivity index (χ2v) is 3.70. The molecule has 0 aliphatic heterocycles. The van der Waals surface area contributed by atoms with E-state index in [-0.39, 0.29) is 6.04 Å². The van der Waals surface area contributed by atoms with Gasteiger partial charge >= 0.3 is 0 Å². The fraction of sp³-hybridized carbons (Fsp3) is 0.417. The first kappa shape index (κ1) is 11.5. The molecule has 2 N–H and O–H groups in total. The predicted molar refractivity (Wildman–Crippen MR) is 59.6 cm³/mol. The van der Waals surface area contributed by atoms with Crippen LogP contribution in [-0.2, 0) is 0 Å². The van der Waals surface area contributed by atoms with Gasteiger partial charge in [0.15, 0.2) is 0 Å². The van der Waals surface area contributed by atoms with Gasteiger partial charge in [-0.1, -0.05) is 17.7 Å². The lowest BCUT2D eigenvalue weighted by Crippen LogP contribution is -2.27. The van der Waals surface area contributed by atoms with Gasteiger partial charge in [-0.25, -0.2) is 0 Å². The number of nitrogens with two attached hydrogens (primary N) is 1. The van der Waals surface area contributed by atoms with Gasteiger partial charge in [-0.05, 0) is 25.5 Å². The average Bonchev–Trinajstić information content (AvgIpc) is 2.17. The summed E-state index contributed by atoms with van der Waals surface area (Å²) in [5.41, 5.74) is 7.97. The van der Waals surface area contributed by atoms with Crippen molar-refractivity contribution in [3.05, 3.63) is 29.3 Å². The third-order valence-electron chi connectivity index (χ3n) is 2.14. The Morgan fingerprint density at radius 1 is 1.47 bits per heavy atom. The first-order valence-electron chi connectivity index (χ1n) is 4.96. The highest BCUT2D eigenvalue weighted by Crippen LogP contribution is 2.18. The predicted octanol–water partition coefficient (Wildman–Crippen LogP) is 1.92. The zero-order valence-corrected chi connectivity index (χ0v) is 9.16. The summed E-state index contributed by atoms with van der Waals surface area (Å²) >= 11 is 0. The van der Waals surface area contributed by atoms with Crippen molar-refractivity contribution in [1.29, 1.82) is 5.26 Å². The maximum absolute atomic E-state index is 8.44. The minimum atomic E-state index is -0.212. The molecular weight excluding hydrogens is 188 g/mol. The SMILES string of the molecule is Cc1ccc(OCC(N)CC#N)c(C)c1. The molecule has 0 aromatic heterocycles. The number of hydrogen-bond acceptors (Lipinski definition) is 3. The standard InChI is InChI=1S/C12H16N2O/c1-9-3-4-12(10(2)7-9)15-8-11(14)5-6-13/h3-4,7,11H,5,8,14H2,1-2H3. The summed E-state index contributed by atoms with van der Waals surface area (Å²) in [4.78, 5) is 0. The van der Waals surface area contributed by atoms with E-state index in [2.05, 4.69) is 6.07 Å². The molecule has 1 aromatic carbocycles. The van der Waals surface area contributed by atoms with Crippen LogP contribution < -0.4 is 10.5 Å². The highest BCUT2D eigenvalue weighted by Gasteiger charge is 2.04. The minimum absolute atomic E-state index is 0.212. The van der Waals surface area contributed by atoms with Crippen LogP contribution in [0.3, 0.4) is 0 Å². The first-order valence-corrected chi connectivity index (χ1v) is 4.96. The van der Waals surface area contributed by atoms with Crippen LogP contribution in [0.25, 0.3) is 0 Å². The topological polar surface area (TPSA) is 59.0 Å². The van der Waals surface area contributed by atoms with Crippen molar-refractivity contribution in [2.24, 2.45) is 5.73 Å². The summed E-state index contributed by atoms with van der Waals surface area (Å²) in [6.07, 6.45) is 0.324. The Morgan fingerprint density at radius 2 is 2.20 bits per heavy atom. The maximum Gasteiger partial charge on any atom is 0.122 e. The summed E-state index contributed by atoms with van der Waals surface area (Å²) in [6, 6.07) is 7.80. The second kappa shape index (κ2) is 5.38. The Hall–Kier alpha value is -1.53. The molecule has 1 rings (SSSR count). The highest BCUT2D eigenvalue weighted by atomic mass is 16.5. The number of benzene rings is 1. The molecular formula is C12H16N2O. The van der Waals surface area contributed by atoms with Crippen LogP contribution in [0.1, 0.15) is 17.5 Å². The number of hydrogen-bond donors (Lipinski definition) is 1. The van der Waals surface area contributed by atoms with Gasteiger partial charge in [0.25, 0.3) is 0 Å². The molecule has 0 fully saturated rings. The number of nitriles is 1. The van der Waals surface area contributed by atoms with E-state index in [1.54, 1.807) is 0 Å². The third kappa shape index (κ3) is 3.61. The van der Waals surface area contributed by atoms with Crippen LogP contribution in [0.4, 0.5) is 0 Å². The maximum atomic E-state index is 8.44. The lowest BCUT2D eigenvalue weighted by atomic mass is 10.1. The number of aryl methyl sites for hydroxylation is 2. The van der Waals surface area contributed by atoms with Gasteiger partial charge in [-0.15, -0.1) is 0 Å². The van der Waals surface area contributed by atoms with E-state index in [0.29, 0.717) is 13.0 Å². The van der Waals surface area contributed by atoms with Crippen molar-refractivity contribution in [2.75, 3.05) is 6.61 Å². The average molecular weight is 204 g/mol. The Kier molecular flexibility index (Phi) is 4.14. The molecule has 0 amide bonds. The van der Waals surface area contributed by atoms with Crippen molar-refractivity contribution in [3.63, 3.8) is 0 Å². The van der Waals surface area contributed by atoms with Crippen LogP contribution in [0.5, 0.6) is 5.75 Å². The fourth-order valence-corrected chi connectivity index (χ4v) is 1.33. The molecule has 0 bridgehead atoms. The van der Waals surface area contributed by atoms with E-state index in [9.17, 15) is 0 Å². The smallest absolute Gasteiger partial charge is 0.122 e. The normalized spacial score (nSPS) is 11.9. The van der Waals surface area contributed by atoms with Crippen molar-refractivity contribution >= 4 is 0 Å². The largest absolute Gasteiger partial charge is 0.492 e. The van der Waals surface area contributed by atoms with Crippen LogP contribution in [-0.4, -0.2) is 12.6 Å². The lowest BCUT2D eigenvalue weighted by molar-refractivity contribution is 0.288. The van der Waals surface area contributed by atoms with E-state index in [0.717, 1.165) is 11.3 Å². The van der Waals surface area contributed by atoms with Gasteiger partial charge in [0, 0.05) is 0 Å². The fourth-order valence-electron chi connectivity index (χ4n) is 1.33. The molecule has 0 aliphatic carbocycles. The van der Waals surface area contributed by atoms with E-state index in [4.69, 9.17) is 15.7 Å². The van der Waals surface area contributed by atoms with E-state index < -0.39 is 0 Å². The van der Waals surface area contributed by atoms with Gasteiger partial charge < -0.3 is 10.5 Å². The molecule has 0 heterocycles. The van der Waals surface area contributed by atoms with Gasteiger partial charge in [-0.2, -0.15) is 5.26 Å². The highest BCUT2D eigenvalue weighted by molar-refractivity contribution is 5.35. The van der Waals surface area contributed by atoms with E-state index in [1.807, 2.05) is 32.0 Å². The zero-order valence-electron chi connectivity index (χ0n) is 9.16. The van der Waals surface area contributed by atoms with Crippen molar-refractivity contribution in [2.45, 2.75) is 26.3 Å². The molecule has 0 saturated heterocycles. The molecule has 0 radical (unpaired) electrons. The summed E-state index contributed by atoms with van der Waals surface area (Å²) in [5, 5.41) is 8.44. The zero-order chi connectivity index (χ0) is 11.3. The quantitative estimate of drug-likeness (QED) is 0.815. The Morgan fingerprint density at radius 3 is 2.80 bits per heavy atom. The Bertz CT molecular complexity index is 368. The molecule has 3 nitrogen and oxygen atoms in total. The monoisotopic (exact) mass is 204 g/mol. The Labute approximate surface area is 90.5 Å². The van der Waals surface area contributed by atoms with Gasteiger partial charge in [0.2, 0.25) is 0 Å². The molecule has 15 heavy (non-hydrogen) atoms. The molecule has 0 spiro atoms. The number of rotatable bonds is 4. The molecule has 3 heteroatoms. The van der Waals surface area contributed by atoms with Crippen LogP contribution in [0, 0.1) is 25.2 Å². The third-order valence-corrected chi connectivity index (χ3v) is 2.14. The molecule has 1 aromatic rings.